The SMILES string of the molecule is CCC(=O)C(=NO)C(=O)O. The van der Waals surface area contributed by atoms with Gasteiger partial charge in [0.15, 0.2) is 5.78 Å². The number of carboxylic acids is 1. The Bertz CT molecular complexity index is 184. The second-order valence-corrected chi connectivity index (χ2v) is 1.53. The molecule has 0 saturated heterocycles. The van der Waals surface area contributed by atoms with E-state index in [0.29, 0.717) is 0 Å². The fourth-order valence-corrected chi connectivity index (χ4v) is 0.385. The maximum atomic E-state index is 10.5. The first-order valence-corrected chi connectivity index (χ1v) is 2.62. The first-order valence-electron chi connectivity index (χ1n) is 2.62. The van der Waals surface area contributed by atoms with Crippen LogP contribution in [0.3, 0.4) is 0 Å². The van der Waals surface area contributed by atoms with E-state index in [-0.39, 0.29) is 6.42 Å². The van der Waals surface area contributed by atoms with E-state index in [2.05, 4.69) is 5.16 Å². The molecule has 0 rings (SSSR count). The van der Waals surface area contributed by atoms with Crippen molar-refractivity contribution in [3.8, 4) is 0 Å². The number of hydrogen-bond donors (Lipinski definition) is 2. The lowest BCUT2D eigenvalue weighted by atomic mass is 10.2. The summed E-state index contributed by atoms with van der Waals surface area (Å²) in [5.41, 5.74) is -0.817. The van der Waals surface area contributed by atoms with E-state index in [9.17, 15) is 9.59 Å². The van der Waals surface area contributed by atoms with E-state index in [4.69, 9.17) is 10.3 Å². The molecule has 0 heterocycles. The molecule has 0 bridgehead atoms. The van der Waals surface area contributed by atoms with Crippen LogP contribution in [0, 0.1) is 0 Å². The minimum absolute atomic E-state index is 0.0195. The van der Waals surface area contributed by atoms with Gasteiger partial charge in [0.05, 0.1) is 0 Å². The summed E-state index contributed by atoms with van der Waals surface area (Å²) in [4.78, 5) is 20.5. The zero-order valence-electron chi connectivity index (χ0n) is 5.37. The highest BCUT2D eigenvalue weighted by molar-refractivity contribution is 6.63. The summed E-state index contributed by atoms with van der Waals surface area (Å²) in [5, 5.41) is 18.5. The van der Waals surface area contributed by atoms with Crippen molar-refractivity contribution >= 4 is 17.5 Å². The largest absolute Gasteiger partial charge is 0.476 e. The number of Topliss-reactive ketones (excluding diaryl/α,β-unsaturated/α-hetero) is 1. The van der Waals surface area contributed by atoms with Crippen LogP contribution in [0.2, 0.25) is 0 Å². The van der Waals surface area contributed by atoms with Crippen molar-refractivity contribution in [3.05, 3.63) is 0 Å². The van der Waals surface area contributed by atoms with Crippen molar-refractivity contribution in [2.24, 2.45) is 5.16 Å². The van der Waals surface area contributed by atoms with Gasteiger partial charge < -0.3 is 10.3 Å². The minimum Gasteiger partial charge on any atom is -0.476 e. The number of oxime groups is 1. The molecule has 0 aliphatic heterocycles. The highest BCUT2D eigenvalue weighted by atomic mass is 16.4. The van der Waals surface area contributed by atoms with Gasteiger partial charge in [-0.05, 0) is 0 Å². The number of carbonyl (C=O) groups excluding carboxylic acids is 1. The van der Waals surface area contributed by atoms with Crippen LogP contribution in [0.4, 0.5) is 0 Å². The molecule has 0 aromatic heterocycles. The quantitative estimate of drug-likeness (QED) is 0.251. The van der Waals surface area contributed by atoms with Gasteiger partial charge in [-0.3, -0.25) is 4.79 Å². The highest BCUT2D eigenvalue weighted by Crippen LogP contribution is 1.86. The Hall–Kier alpha value is -1.39. The normalized spacial score (nSPS) is 11.1. The Morgan fingerprint density at radius 1 is 1.50 bits per heavy atom. The third-order valence-corrected chi connectivity index (χ3v) is 0.888. The molecule has 0 atom stereocenters. The fourth-order valence-electron chi connectivity index (χ4n) is 0.385. The molecular formula is C5H7NO4. The molecule has 5 heteroatoms. The van der Waals surface area contributed by atoms with Gasteiger partial charge in [-0.25, -0.2) is 4.79 Å². The van der Waals surface area contributed by atoms with Gasteiger partial charge in [0, 0.05) is 6.42 Å². The predicted molar refractivity (Wildman–Crippen MR) is 32.2 cm³/mol. The lowest BCUT2D eigenvalue weighted by Crippen LogP contribution is -2.22. The van der Waals surface area contributed by atoms with Gasteiger partial charge in [0.1, 0.15) is 0 Å². The van der Waals surface area contributed by atoms with Gasteiger partial charge >= 0.3 is 5.97 Å². The van der Waals surface area contributed by atoms with Gasteiger partial charge in [-0.15, -0.1) is 0 Å². The van der Waals surface area contributed by atoms with Crippen molar-refractivity contribution < 1.29 is 19.9 Å². The molecule has 0 unspecified atom stereocenters. The van der Waals surface area contributed by atoms with Crippen LogP contribution in [0.5, 0.6) is 0 Å². The topological polar surface area (TPSA) is 87.0 Å². The second-order valence-electron chi connectivity index (χ2n) is 1.53. The second kappa shape index (κ2) is 3.60. The summed E-state index contributed by atoms with van der Waals surface area (Å²) in [7, 11) is 0. The molecule has 0 aromatic carbocycles. The first kappa shape index (κ1) is 8.61. The zero-order valence-corrected chi connectivity index (χ0v) is 5.37. The molecule has 0 radical (unpaired) electrons. The molecule has 0 spiro atoms. The zero-order chi connectivity index (χ0) is 8.15. The Morgan fingerprint density at radius 3 is 2.10 bits per heavy atom. The molecule has 0 aromatic rings. The summed E-state index contributed by atoms with van der Waals surface area (Å²) < 4.78 is 0. The Labute approximate surface area is 57.0 Å². The van der Waals surface area contributed by atoms with Crippen LogP contribution < -0.4 is 0 Å². The van der Waals surface area contributed by atoms with E-state index in [1.165, 1.54) is 6.92 Å². The van der Waals surface area contributed by atoms with Crippen molar-refractivity contribution in [1.29, 1.82) is 0 Å². The molecule has 0 saturated carbocycles. The molecule has 0 aliphatic carbocycles. The number of hydrogen-bond acceptors (Lipinski definition) is 4. The number of aliphatic carboxylic acids is 1. The van der Waals surface area contributed by atoms with Crippen molar-refractivity contribution in [2.45, 2.75) is 13.3 Å². The predicted octanol–water partition coefficient (Wildman–Crippen LogP) is -0.120. The van der Waals surface area contributed by atoms with E-state index < -0.39 is 17.5 Å². The number of carboxylic acid groups (broad SMARTS) is 1. The van der Waals surface area contributed by atoms with Crippen molar-refractivity contribution in [3.63, 3.8) is 0 Å². The van der Waals surface area contributed by atoms with Gasteiger partial charge in [0.25, 0.3) is 0 Å². The van der Waals surface area contributed by atoms with Crippen LogP contribution in [0.25, 0.3) is 0 Å². The summed E-state index contributed by atoms with van der Waals surface area (Å²) in [6.45, 7) is 1.48. The molecular weight excluding hydrogens is 138 g/mol. The molecule has 5 nitrogen and oxygen atoms in total. The number of carbonyl (C=O) groups is 2. The third kappa shape index (κ3) is 1.85. The molecule has 10 heavy (non-hydrogen) atoms. The molecule has 0 aliphatic rings. The summed E-state index contributed by atoms with van der Waals surface area (Å²) in [5.74, 6) is -2.19. The Balaban J connectivity index is 4.39. The Morgan fingerprint density at radius 2 is 2.00 bits per heavy atom. The Kier molecular flexibility index (Phi) is 3.10. The summed E-state index contributed by atoms with van der Waals surface area (Å²) in [6, 6.07) is 0. The molecule has 0 amide bonds. The highest BCUT2D eigenvalue weighted by Gasteiger charge is 2.17. The maximum absolute atomic E-state index is 10.5. The van der Waals surface area contributed by atoms with E-state index in [1.807, 2.05) is 0 Å². The average Bonchev–Trinajstić information content (AvgIpc) is 1.88. The lowest BCUT2D eigenvalue weighted by molar-refractivity contribution is -0.130. The number of ketones is 1. The van der Waals surface area contributed by atoms with Crippen LogP contribution >= 0.6 is 0 Å². The van der Waals surface area contributed by atoms with Gasteiger partial charge in [0.2, 0.25) is 5.71 Å². The number of nitrogens with zero attached hydrogens (tertiary/aromatic N) is 1. The average molecular weight is 145 g/mol. The van der Waals surface area contributed by atoms with E-state index in [1.54, 1.807) is 0 Å². The molecule has 2 N–H and O–H groups in total. The summed E-state index contributed by atoms with van der Waals surface area (Å²) in [6.07, 6.45) is 0.0195. The van der Waals surface area contributed by atoms with Crippen LogP contribution in [-0.2, 0) is 9.59 Å². The smallest absolute Gasteiger partial charge is 0.361 e. The molecule has 0 fully saturated rings. The van der Waals surface area contributed by atoms with Gasteiger partial charge in [-0.2, -0.15) is 0 Å². The number of rotatable bonds is 3. The van der Waals surface area contributed by atoms with E-state index >= 15 is 0 Å². The third-order valence-electron chi connectivity index (χ3n) is 0.888. The van der Waals surface area contributed by atoms with Crippen LogP contribution in [0.15, 0.2) is 5.16 Å². The molecule has 56 valence electrons. The fraction of sp³-hybridized carbons (Fsp3) is 0.400. The monoisotopic (exact) mass is 145 g/mol. The lowest BCUT2D eigenvalue weighted by Gasteiger charge is -1.91. The van der Waals surface area contributed by atoms with E-state index in [0.717, 1.165) is 0 Å². The first-order chi connectivity index (χ1) is 4.63. The van der Waals surface area contributed by atoms with Gasteiger partial charge in [-0.1, -0.05) is 12.1 Å². The minimum atomic E-state index is -1.51. The van der Waals surface area contributed by atoms with Crippen LogP contribution in [0.1, 0.15) is 13.3 Å². The standard InChI is InChI=1S/C5H7NO4/c1-2-3(7)4(6-10)5(8)9/h10H,2H2,1H3,(H,8,9). The summed E-state index contributed by atoms with van der Waals surface area (Å²) >= 11 is 0. The maximum Gasteiger partial charge on any atom is 0.361 e. The van der Waals surface area contributed by atoms with Crippen molar-refractivity contribution in [1.82, 2.24) is 0 Å². The van der Waals surface area contributed by atoms with Crippen molar-refractivity contribution in [2.75, 3.05) is 0 Å². The van der Waals surface area contributed by atoms with Crippen LogP contribution in [-0.4, -0.2) is 27.8 Å².